The van der Waals surface area contributed by atoms with E-state index in [1.54, 1.807) is 0 Å². The van der Waals surface area contributed by atoms with Crippen LogP contribution in [0.3, 0.4) is 0 Å². The summed E-state index contributed by atoms with van der Waals surface area (Å²) in [6.07, 6.45) is 8.07. The van der Waals surface area contributed by atoms with Crippen LogP contribution in [0, 0.1) is 0 Å². The molecular formula is C16H20N2S. The molecule has 2 unspecified atom stereocenters. The number of pyridine rings is 1. The highest BCUT2D eigenvalue weighted by Gasteiger charge is 2.23. The summed E-state index contributed by atoms with van der Waals surface area (Å²) in [4.78, 5) is 4.51. The molecule has 3 rings (SSSR count). The Balaban J connectivity index is 1.69. The number of hydrogen-bond donors (Lipinski definition) is 1. The zero-order chi connectivity index (χ0) is 13.1. The second-order valence-corrected chi connectivity index (χ2v) is 6.38. The molecule has 2 nitrogen and oxygen atoms in total. The number of benzene rings is 1. The van der Waals surface area contributed by atoms with Crippen molar-refractivity contribution in [1.82, 2.24) is 10.3 Å². The molecule has 2 atom stereocenters. The minimum absolute atomic E-state index is 0.677. The van der Waals surface area contributed by atoms with Gasteiger partial charge in [0.15, 0.2) is 0 Å². The number of rotatable bonds is 4. The molecular weight excluding hydrogens is 252 g/mol. The van der Waals surface area contributed by atoms with E-state index in [-0.39, 0.29) is 0 Å². The first-order valence-corrected chi connectivity index (χ1v) is 8.24. The van der Waals surface area contributed by atoms with Crippen LogP contribution in [-0.2, 0) is 6.54 Å². The average molecular weight is 272 g/mol. The van der Waals surface area contributed by atoms with Gasteiger partial charge in [-0.1, -0.05) is 24.3 Å². The zero-order valence-electron chi connectivity index (χ0n) is 11.3. The van der Waals surface area contributed by atoms with E-state index in [2.05, 4.69) is 40.8 Å². The summed E-state index contributed by atoms with van der Waals surface area (Å²) >= 11 is 2.01. The average Bonchev–Trinajstić information content (AvgIpc) is 2.93. The molecule has 1 N–H and O–H groups in total. The normalized spacial score (nSPS) is 23.0. The Kier molecular flexibility index (Phi) is 4.04. The number of hydrogen-bond acceptors (Lipinski definition) is 3. The van der Waals surface area contributed by atoms with Crippen LogP contribution in [0.15, 0.2) is 36.5 Å². The molecule has 100 valence electrons. The number of fused-ring (bicyclic) bond motifs is 1. The predicted molar refractivity (Wildman–Crippen MR) is 83.5 cm³/mol. The highest BCUT2D eigenvalue weighted by atomic mass is 32.2. The molecule has 1 aliphatic carbocycles. The quantitative estimate of drug-likeness (QED) is 0.920. The van der Waals surface area contributed by atoms with Gasteiger partial charge in [0.2, 0.25) is 0 Å². The molecule has 0 amide bonds. The lowest BCUT2D eigenvalue weighted by molar-refractivity contribution is 0.526. The number of para-hydroxylation sites is 1. The van der Waals surface area contributed by atoms with Crippen LogP contribution in [0.25, 0.3) is 10.9 Å². The summed E-state index contributed by atoms with van der Waals surface area (Å²) in [7, 11) is 0. The maximum absolute atomic E-state index is 4.51. The predicted octanol–water partition coefficient (Wildman–Crippen LogP) is 3.61. The van der Waals surface area contributed by atoms with E-state index in [9.17, 15) is 0 Å². The number of aromatic nitrogens is 1. The first-order chi connectivity index (χ1) is 9.36. The number of thioether (sulfide) groups is 1. The van der Waals surface area contributed by atoms with Gasteiger partial charge < -0.3 is 5.32 Å². The third kappa shape index (κ3) is 2.93. The molecule has 0 saturated heterocycles. The largest absolute Gasteiger partial charge is 0.310 e. The highest BCUT2D eigenvalue weighted by molar-refractivity contribution is 7.99. The Morgan fingerprint density at radius 1 is 1.26 bits per heavy atom. The Labute approximate surface area is 119 Å². The van der Waals surface area contributed by atoms with E-state index in [1.165, 1.54) is 30.2 Å². The van der Waals surface area contributed by atoms with E-state index >= 15 is 0 Å². The van der Waals surface area contributed by atoms with Crippen molar-refractivity contribution in [3.05, 3.63) is 42.1 Å². The van der Waals surface area contributed by atoms with Crippen LogP contribution in [0.1, 0.15) is 24.8 Å². The van der Waals surface area contributed by atoms with Crippen LogP contribution in [0.2, 0.25) is 0 Å². The molecule has 0 bridgehead atoms. The molecule has 1 fully saturated rings. The molecule has 0 radical (unpaired) electrons. The van der Waals surface area contributed by atoms with Gasteiger partial charge in [0.25, 0.3) is 0 Å². The van der Waals surface area contributed by atoms with Crippen LogP contribution in [0.5, 0.6) is 0 Å². The fraction of sp³-hybridized carbons (Fsp3) is 0.438. The van der Waals surface area contributed by atoms with Crippen molar-refractivity contribution in [3.63, 3.8) is 0 Å². The van der Waals surface area contributed by atoms with E-state index in [4.69, 9.17) is 0 Å². The van der Waals surface area contributed by atoms with E-state index in [0.717, 1.165) is 17.3 Å². The Bertz CT molecular complexity index is 550. The fourth-order valence-electron chi connectivity index (χ4n) is 2.90. The van der Waals surface area contributed by atoms with Crippen LogP contribution in [-0.4, -0.2) is 22.5 Å². The van der Waals surface area contributed by atoms with Crippen molar-refractivity contribution < 1.29 is 0 Å². The van der Waals surface area contributed by atoms with Gasteiger partial charge in [0.1, 0.15) is 0 Å². The van der Waals surface area contributed by atoms with Gasteiger partial charge in [0, 0.05) is 29.4 Å². The Morgan fingerprint density at radius 3 is 3.00 bits per heavy atom. The summed E-state index contributed by atoms with van der Waals surface area (Å²) in [6.45, 7) is 0.931. The van der Waals surface area contributed by atoms with Gasteiger partial charge in [-0.3, -0.25) is 4.98 Å². The highest BCUT2D eigenvalue weighted by Crippen LogP contribution is 2.28. The van der Waals surface area contributed by atoms with Gasteiger partial charge in [-0.25, -0.2) is 0 Å². The third-order valence-electron chi connectivity index (χ3n) is 4.02. The van der Waals surface area contributed by atoms with E-state index in [0.29, 0.717) is 6.04 Å². The molecule has 1 heterocycles. The first kappa shape index (κ1) is 12.9. The molecule has 1 saturated carbocycles. The van der Waals surface area contributed by atoms with Crippen molar-refractivity contribution in [2.75, 3.05) is 6.26 Å². The molecule has 1 aromatic carbocycles. The van der Waals surface area contributed by atoms with Gasteiger partial charge in [-0.2, -0.15) is 11.8 Å². The maximum Gasteiger partial charge on any atom is 0.0746 e. The van der Waals surface area contributed by atoms with Crippen molar-refractivity contribution in [3.8, 4) is 0 Å². The van der Waals surface area contributed by atoms with Crippen LogP contribution >= 0.6 is 11.8 Å². The lowest BCUT2D eigenvalue weighted by Crippen LogP contribution is -2.26. The summed E-state index contributed by atoms with van der Waals surface area (Å²) in [5.41, 5.74) is 2.45. The summed E-state index contributed by atoms with van der Waals surface area (Å²) in [6, 6.07) is 11.2. The number of nitrogens with zero attached hydrogens (tertiary/aromatic N) is 1. The van der Waals surface area contributed by atoms with Crippen molar-refractivity contribution in [1.29, 1.82) is 0 Å². The molecule has 3 heteroatoms. The van der Waals surface area contributed by atoms with Gasteiger partial charge in [-0.05, 0) is 37.1 Å². The lowest BCUT2D eigenvalue weighted by Gasteiger charge is -2.13. The molecule has 19 heavy (non-hydrogen) atoms. The molecule has 0 aliphatic heterocycles. The monoisotopic (exact) mass is 272 g/mol. The van der Waals surface area contributed by atoms with Crippen LogP contribution in [0.4, 0.5) is 0 Å². The second kappa shape index (κ2) is 5.93. The minimum Gasteiger partial charge on any atom is -0.310 e. The van der Waals surface area contributed by atoms with Gasteiger partial charge >= 0.3 is 0 Å². The molecule has 2 aromatic rings. The minimum atomic E-state index is 0.677. The summed E-state index contributed by atoms with van der Waals surface area (Å²) in [5.74, 6) is 0. The lowest BCUT2D eigenvalue weighted by atomic mass is 10.1. The standard InChI is InChI=1S/C16H20N2S/c1-19-15-8-7-14(10-15)18-11-13-5-2-4-12-6-3-9-17-16(12)13/h2-6,9,14-15,18H,7-8,10-11H2,1H3. The zero-order valence-corrected chi connectivity index (χ0v) is 12.1. The first-order valence-electron chi connectivity index (χ1n) is 6.95. The second-order valence-electron chi connectivity index (χ2n) is 5.24. The smallest absolute Gasteiger partial charge is 0.0746 e. The Morgan fingerprint density at radius 2 is 2.16 bits per heavy atom. The summed E-state index contributed by atoms with van der Waals surface area (Å²) in [5, 5.41) is 5.78. The fourth-order valence-corrected chi connectivity index (χ4v) is 3.70. The Hall–Kier alpha value is -1.06. The topological polar surface area (TPSA) is 24.9 Å². The van der Waals surface area contributed by atoms with E-state index in [1.807, 2.05) is 24.0 Å². The molecule has 0 spiro atoms. The van der Waals surface area contributed by atoms with Crippen molar-refractivity contribution in [2.24, 2.45) is 0 Å². The maximum atomic E-state index is 4.51. The SMILES string of the molecule is CSC1CCC(NCc2cccc3cccnc23)C1. The summed E-state index contributed by atoms with van der Waals surface area (Å²) < 4.78 is 0. The number of nitrogens with one attached hydrogen (secondary N) is 1. The van der Waals surface area contributed by atoms with Crippen molar-refractivity contribution >= 4 is 22.7 Å². The van der Waals surface area contributed by atoms with E-state index < -0.39 is 0 Å². The molecule has 1 aliphatic rings. The molecule has 1 aromatic heterocycles. The third-order valence-corrected chi connectivity index (χ3v) is 5.11. The van der Waals surface area contributed by atoms with Crippen molar-refractivity contribution in [2.45, 2.75) is 37.1 Å². The van der Waals surface area contributed by atoms with Gasteiger partial charge in [0.05, 0.1) is 5.52 Å². The van der Waals surface area contributed by atoms with Crippen LogP contribution < -0.4 is 5.32 Å². The van der Waals surface area contributed by atoms with Gasteiger partial charge in [-0.15, -0.1) is 0 Å².